The van der Waals surface area contributed by atoms with Crippen LogP contribution in [0.5, 0.6) is 0 Å². The fraction of sp³-hybridized carbons (Fsp3) is 1.00. The Kier molecular flexibility index (Phi) is 2.75. The molecule has 0 bridgehead atoms. The second-order valence-corrected chi connectivity index (χ2v) is 5.54. The van der Waals surface area contributed by atoms with E-state index in [1.54, 1.807) is 0 Å². The Morgan fingerprint density at radius 2 is 1.77 bits per heavy atom. The zero-order valence-electron chi connectivity index (χ0n) is 10.0. The van der Waals surface area contributed by atoms with E-state index in [0.29, 0.717) is 11.1 Å². The van der Waals surface area contributed by atoms with E-state index in [1.807, 2.05) is 0 Å². The third-order valence-corrected chi connectivity index (χ3v) is 3.41. The van der Waals surface area contributed by atoms with Crippen molar-refractivity contribution in [2.75, 3.05) is 26.7 Å². The summed E-state index contributed by atoms with van der Waals surface area (Å²) >= 11 is 0. The first-order valence-electron chi connectivity index (χ1n) is 5.26. The van der Waals surface area contributed by atoms with Crippen LogP contribution in [0, 0.1) is 0 Å². The van der Waals surface area contributed by atoms with E-state index in [1.165, 1.54) is 13.1 Å². The minimum absolute atomic E-state index is 0.341. The van der Waals surface area contributed by atoms with Gasteiger partial charge in [-0.1, -0.05) is 6.92 Å². The van der Waals surface area contributed by atoms with Crippen LogP contribution < -0.4 is 0 Å². The highest BCUT2D eigenvalue weighted by molar-refractivity contribution is 5.03. The van der Waals surface area contributed by atoms with E-state index in [-0.39, 0.29) is 0 Å². The predicted octanol–water partition coefficient (Wildman–Crippen LogP) is 1.81. The number of hydrogen-bond acceptors (Lipinski definition) is 2. The number of hydrogen-bond donors (Lipinski definition) is 0. The molecule has 0 aromatic rings. The van der Waals surface area contributed by atoms with Gasteiger partial charge in [-0.15, -0.1) is 0 Å². The Morgan fingerprint density at radius 3 is 2.08 bits per heavy atom. The second-order valence-electron chi connectivity index (χ2n) is 5.54. The van der Waals surface area contributed by atoms with Crippen LogP contribution in [0.25, 0.3) is 0 Å². The van der Waals surface area contributed by atoms with Crippen LogP contribution in [0.2, 0.25) is 0 Å². The van der Waals surface area contributed by atoms with Gasteiger partial charge in [0.15, 0.2) is 0 Å². The summed E-state index contributed by atoms with van der Waals surface area (Å²) < 4.78 is 0. The summed E-state index contributed by atoms with van der Waals surface area (Å²) in [5, 5.41) is 0. The molecule has 1 aliphatic rings. The topological polar surface area (TPSA) is 6.48 Å². The highest BCUT2D eigenvalue weighted by atomic mass is 15.4. The van der Waals surface area contributed by atoms with Gasteiger partial charge in [0.05, 0.1) is 0 Å². The lowest BCUT2D eigenvalue weighted by molar-refractivity contribution is -0.0726. The lowest BCUT2D eigenvalue weighted by Crippen LogP contribution is -2.71. The molecule has 0 aliphatic carbocycles. The number of nitrogens with zero attached hydrogens (tertiary/aromatic N) is 2. The van der Waals surface area contributed by atoms with Crippen LogP contribution in [-0.4, -0.2) is 47.6 Å². The highest BCUT2D eigenvalue weighted by Gasteiger charge is 2.45. The molecule has 2 heteroatoms. The lowest BCUT2D eigenvalue weighted by atomic mass is 9.85. The van der Waals surface area contributed by atoms with Crippen LogP contribution in [0.4, 0.5) is 0 Å². The minimum atomic E-state index is 0.341. The predicted molar refractivity (Wildman–Crippen MR) is 58.0 cm³/mol. The van der Waals surface area contributed by atoms with Gasteiger partial charge < -0.3 is 0 Å². The monoisotopic (exact) mass is 184 g/mol. The zero-order valence-corrected chi connectivity index (χ0v) is 10.0. The van der Waals surface area contributed by atoms with E-state index >= 15 is 0 Å². The molecule has 1 heterocycles. The van der Waals surface area contributed by atoms with Gasteiger partial charge in [0, 0.05) is 24.2 Å². The van der Waals surface area contributed by atoms with Crippen molar-refractivity contribution >= 4 is 0 Å². The first-order valence-corrected chi connectivity index (χ1v) is 5.26. The van der Waals surface area contributed by atoms with Crippen LogP contribution in [0.3, 0.4) is 0 Å². The fourth-order valence-corrected chi connectivity index (χ4v) is 1.87. The Hall–Kier alpha value is -0.0800. The molecule has 0 saturated carbocycles. The third-order valence-electron chi connectivity index (χ3n) is 3.41. The first-order chi connectivity index (χ1) is 5.79. The van der Waals surface area contributed by atoms with Crippen molar-refractivity contribution in [2.45, 2.75) is 45.7 Å². The highest BCUT2D eigenvalue weighted by Crippen LogP contribution is 2.31. The maximum atomic E-state index is 2.54. The molecule has 0 atom stereocenters. The summed E-state index contributed by atoms with van der Waals surface area (Å²) in [6.07, 6.45) is 0. The molecule has 0 unspecified atom stereocenters. The molecular weight excluding hydrogens is 160 g/mol. The normalized spacial score (nSPS) is 23.3. The smallest absolute Gasteiger partial charge is 0.0432 e. The van der Waals surface area contributed by atoms with E-state index in [9.17, 15) is 0 Å². The van der Waals surface area contributed by atoms with Gasteiger partial charge in [0.2, 0.25) is 0 Å². The molecule has 78 valence electrons. The van der Waals surface area contributed by atoms with Crippen molar-refractivity contribution in [3.8, 4) is 0 Å². The molecule has 0 aromatic heterocycles. The molecule has 0 N–H and O–H groups in total. The van der Waals surface area contributed by atoms with Crippen molar-refractivity contribution in [2.24, 2.45) is 0 Å². The summed E-state index contributed by atoms with van der Waals surface area (Å²) in [5.74, 6) is 0. The van der Waals surface area contributed by atoms with Crippen molar-refractivity contribution in [1.29, 1.82) is 0 Å². The quantitative estimate of drug-likeness (QED) is 0.646. The Labute approximate surface area is 82.9 Å². The van der Waals surface area contributed by atoms with Crippen molar-refractivity contribution in [3.63, 3.8) is 0 Å². The van der Waals surface area contributed by atoms with Gasteiger partial charge in [0.1, 0.15) is 0 Å². The average molecular weight is 184 g/mol. The molecule has 0 spiro atoms. The van der Waals surface area contributed by atoms with Gasteiger partial charge >= 0.3 is 0 Å². The molecule has 1 rings (SSSR count). The first kappa shape index (κ1) is 11.0. The summed E-state index contributed by atoms with van der Waals surface area (Å²) in [5.41, 5.74) is 0.760. The van der Waals surface area contributed by atoms with Gasteiger partial charge in [0.25, 0.3) is 0 Å². The Bertz CT molecular complexity index is 175. The summed E-state index contributed by atoms with van der Waals surface area (Å²) in [7, 11) is 2.22. The number of rotatable bonds is 2. The molecule has 0 aromatic carbocycles. The van der Waals surface area contributed by atoms with Gasteiger partial charge in [-0.05, 0) is 41.3 Å². The van der Waals surface area contributed by atoms with Crippen LogP contribution in [-0.2, 0) is 0 Å². The standard InChI is InChI=1S/C11H24N2/c1-7-12(6)11(5)8-13(9-11)10(2,3)4/h7-9H2,1-6H3. The van der Waals surface area contributed by atoms with Crippen LogP contribution in [0.1, 0.15) is 34.6 Å². The van der Waals surface area contributed by atoms with Crippen molar-refractivity contribution < 1.29 is 0 Å². The lowest BCUT2D eigenvalue weighted by Gasteiger charge is -2.57. The van der Waals surface area contributed by atoms with Crippen LogP contribution in [0.15, 0.2) is 0 Å². The minimum Gasteiger partial charge on any atom is -0.299 e. The molecular formula is C11H24N2. The van der Waals surface area contributed by atoms with Crippen LogP contribution >= 0.6 is 0 Å². The van der Waals surface area contributed by atoms with Gasteiger partial charge in [-0.2, -0.15) is 0 Å². The van der Waals surface area contributed by atoms with Gasteiger partial charge in [-0.3, -0.25) is 9.80 Å². The molecule has 13 heavy (non-hydrogen) atoms. The largest absolute Gasteiger partial charge is 0.299 e. The molecule has 1 fully saturated rings. The summed E-state index contributed by atoms with van der Waals surface area (Å²) in [6.45, 7) is 15.0. The summed E-state index contributed by atoms with van der Waals surface area (Å²) in [6, 6.07) is 0. The Balaban J connectivity index is 2.48. The van der Waals surface area contributed by atoms with Crippen molar-refractivity contribution in [1.82, 2.24) is 9.80 Å². The maximum Gasteiger partial charge on any atom is 0.0432 e. The fourth-order valence-electron chi connectivity index (χ4n) is 1.87. The SMILES string of the molecule is CCN(C)C1(C)CN(C(C)(C)C)C1. The average Bonchev–Trinajstić information content (AvgIpc) is 1.95. The number of likely N-dealkylation sites (tertiary alicyclic amines) is 1. The zero-order chi connectivity index (χ0) is 10.3. The molecule has 1 aliphatic heterocycles. The second kappa shape index (κ2) is 3.25. The van der Waals surface area contributed by atoms with E-state index < -0.39 is 0 Å². The third kappa shape index (κ3) is 2.05. The van der Waals surface area contributed by atoms with Crippen molar-refractivity contribution in [3.05, 3.63) is 0 Å². The van der Waals surface area contributed by atoms with E-state index in [4.69, 9.17) is 0 Å². The van der Waals surface area contributed by atoms with E-state index in [0.717, 1.165) is 6.54 Å². The molecule has 0 radical (unpaired) electrons. The van der Waals surface area contributed by atoms with E-state index in [2.05, 4.69) is 51.5 Å². The maximum absolute atomic E-state index is 2.54. The summed E-state index contributed by atoms with van der Waals surface area (Å²) in [4.78, 5) is 4.99. The number of likely N-dealkylation sites (N-methyl/N-ethyl adjacent to an activating group) is 1. The molecule has 0 amide bonds. The molecule has 2 nitrogen and oxygen atoms in total. The van der Waals surface area contributed by atoms with Gasteiger partial charge in [-0.25, -0.2) is 0 Å². The molecule has 1 saturated heterocycles. The Morgan fingerprint density at radius 1 is 1.31 bits per heavy atom.